The molecular weight excluding hydrogens is 338 g/mol. The lowest BCUT2D eigenvalue weighted by molar-refractivity contribution is -0.390. The topological polar surface area (TPSA) is 95.1 Å². The van der Waals surface area contributed by atoms with Crippen LogP contribution in [0.4, 0.5) is 5.82 Å². The van der Waals surface area contributed by atoms with Crippen LogP contribution in [-0.4, -0.2) is 34.6 Å². The van der Waals surface area contributed by atoms with Crippen molar-refractivity contribution in [3.63, 3.8) is 0 Å². The SMILES string of the molecule is CS(=O)(=O)C1CCCC(n2cc(Br)c([N+](=O)[O-])n2)C1. The zero-order chi connectivity index (χ0) is 14.2. The largest absolute Gasteiger partial charge is 0.404 e. The Balaban J connectivity index is 2.22. The van der Waals surface area contributed by atoms with Gasteiger partial charge in [0.05, 0.1) is 22.6 Å². The predicted octanol–water partition coefficient (Wildman–Crippen LogP) is 2.08. The van der Waals surface area contributed by atoms with Crippen LogP contribution in [-0.2, 0) is 9.84 Å². The van der Waals surface area contributed by atoms with E-state index in [-0.39, 0.29) is 17.1 Å². The zero-order valence-corrected chi connectivity index (χ0v) is 12.7. The third-order valence-corrected chi connectivity index (χ3v) is 5.62. The van der Waals surface area contributed by atoms with E-state index in [1.807, 2.05) is 0 Å². The van der Waals surface area contributed by atoms with Gasteiger partial charge in [-0.2, -0.15) is 4.68 Å². The summed E-state index contributed by atoms with van der Waals surface area (Å²) in [4.78, 5) is 10.2. The molecule has 1 aliphatic rings. The first kappa shape index (κ1) is 14.4. The summed E-state index contributed by atoms with van der Waals surface area (Å²) in [6.45, 7) is 0. The summed E-state index contributed by atoms with van der Waals surface area (Å²) in [5.41, 5.74) is 0. The molecule has 0 aromatic carbocycles. The molecule has 1 aromatic heterocycles. The monoisotopic (exact) mass is 351 g/mol. The van der Waals surface area contributed by atoms with Crippen molar-refractivity contribution in [3.05, 3.63) is 20.8 Å². The molecule has 1 fully saturated rings. The molecule has 1 heterocycles. The van der Waals surface area contributed by atoms with Gasteiger partial charge in [-0.15, -0.1) is 0 Å². The minimum atomic E-state index is -3.07. The van der Waals surface area contributed by atoms with Crippen molar-refractivity contribution in [2.75, 3.05) is 6.26 Å². The van der Waals surface area contributed by atoms with E-state index in [4.69, 9.17) is 0 Å². The Morgan fingerprint density at radius 3 is 2.74 bits per heavy atom. The van der Waals surface area contributed by atoms with Crippen molar-refractivity contribution in [1.29, 1.82) is 0 Å². The van der Waals surface area contributed by atoms with Crippen LogP contribution < -0.4 is 0 Å². The molecule has 0 amide bonds. The molecular formula is C10H14BrN3O4S. The van der Waals surface area contributed by atoms with Crippen LogP contribution in [0, 0.1) is 10.1 Å². The molecule has 2 atom stereocenters. The highest BCUT2D eigenvalue weighted by molar-refractivity contribution is 9.10. The number of rotatable bonds is 3. The molecule has 1 aromatic rings. The Morgan fingerprint density at radius 1 is 1.53 bits per heavy atom. The van der Waals surface area contributed by atoms with Crippen LogP contribution in [0.25, 0.3) is 0 Å². The van der Waals surface area contributed by atoms with Gasteiger partial charge in [0.1, 0.15) is 14.3 Å². The minimum absolute atomic E-state index is 0.0986. The van der Waals surface area contributed by atoms with Gasteiger partial charge in [-0.25, -0.2) is 8.42 Å². The highest BCUT2D eigenvalue weighted by Gasteiger charge is 2.32. The second-order valence-corrected chi connectivity index (χ2v) is 7.99. The first-order chi connectivity index (χ1) is 8.79. The van der Waals surface area contributed by atoms with E-state index in [0.717, 1.165) is 12.8 Å². The number of nitrogens with zero attached hydrogens (tertiary/aromatic N) is 3. The molecule has 1 saturated carbocycles. The average Bonchev–Trinajstić information content (AvgIpc) is 2.70. The van der Waals surface area contributed by atoms with E-state index in [1.165, 1.54) is 10.9 Å². The standard InChI is InChI=1S/C10H14BrN3O4S/c1-19(17,18)8-4-2-3-7(5-8)13-6-9(11)10(12-13)14(15)16/h6-8H,2-5H2,1H3. The van der Waals surface area contributed by atoms with Crippen LogP contribution in [0.5, 0.6) is 0 Å². The Morgan fingerprint density at radius 2 is 2.21 bits per heavy atom. The van der Waals surface area contributed by atoms with Crippen molar-refractivity contribution in [1.82, 2.24) is 9.78 Å². The maximum atomic E-state index is 11.6. The van der Waals surface area contributed by atoms with Gasteiger partial charge in [0.25, 0.3) is 0 Å². The van der Waals surface area contributed by atoms with Crippen LogP contribution in [0.1, 0.15) is 31.7 Å². The molecule has 0 radical (unpaired) electrons. The third kappa shape index (κ3) is 3.14. The van der Waals surface area contributed by atoms with E-state index in [9.17, 15) is 18.5 Å². The lowest BCUT2D eigenvalue weighted by atomic mass is 9.95. The Hall–Kier alpha value is -0.960. The van der Waals surface area contributed by atoms with Crippen LogP contribution in [0.2, 0.25) is 0 Å². The van der Waals surface area contributed by atoms with Crippen molar-refractivity contribution in [2.45, 2.75) is 37.0 Å². The van der Waals surface area contributed by atoms with E-state index in [2.05, 4.69) is 21.0 Å². The lowest BCUT2D eigenvalue weighted by Crippen LogP contribution is -2.29. The molecule has 0 N–H and O–H groups in total. The number of halogens is 1. The summed E-state index contributed by atoms with van der Waals surface area (Å²) in [6.07, 6.45) is 5.48. The summed E-state index contributed by atoms with van der Waals surface area (Å²) < 4.78 is 25.0. The van der Waals surface area contributed by atoms with E-state index < -0.39 is 14.8 Å². The van der Waals surface area contributed by atoms with Crippen LogP contribution >= 0.6 is 15.9 Å². The molecule has 1 aliphatic carbocycles. The van der Waals surface area contributed by atoms with Gasteiger partial charge in [-0.1, -0.05) is 0 Å². The molecule has 2 unspecified atom stereocenters. The van der Waals surface area contributed by atoms with Gasteiger partial charge in [0, 0.05) is 6.26 Å². The fourth-order valence-corrected chi connectivity index (χ4v) is 4.02. The van der Waals surface area contributed by atoms with Gasteiger partial charge < -0.3 is 10.1 Å². The van der Waals surface area contributed by atoms with Crippen molar-refractivity contribution in [2.24, 2.45) is 0 Å². The lowest BCUT2D eigenvalue weighted by Gasteiger charge is -2.26. The van der Waals surface area contributed by atoms with Gasteiger partial charge >= 0.3 is 5.82 Å². The van der Waals surface area contributed by atoms with Gasteiger partial charge in [-0.3, -0.25) is 0 Å². The Labute approximate surface area is 119 Å². The molecule has 0 saturated heterocycles. The molecule has 0 bridgehead atoms. The van der Waals surface area contributed by atoms with Crippen molar-refractivity contribution >= 4 is 31.6 Å². The quantitative estimate of drug-likeness (QED) is 0.613. The first-order valence-corrected chi connectivity index (χ1v) is 8.61. The predicted molar refractivity (Wildman–Crippen MR) is 72.7 cm³/mol. The highest BCUT2D eigenvalue weighted by Crippen LogP contribution is 2.34. The third-order valence-electron chi connectivity index (χ3n) is 3.42. The van der Waals surface area contributed by atoms with E-state index >= 15 is 0 Å². The van der Waals surface area contributed by atoms with Gasteiger partial charge in [0.15, 0.2) is 0 Å². The Kier molecular flexibility index (Phi) is 3.95. The van der Waals surface area contributed by atoms with Crippen molar-refractivity contribution in [3.8, 4) is 0 Å². The summed E-state index contributed by atoms with van der Waals surface area (Å²) in [6, 6.07) is -0.0986. The fourth-order valence-electron chi connectivity index (χ4n) is 2.42. The summed E-state index contributed by atoms with van der Waals surface area (Å²) in [7, 11) is -3.07. The van der Waals surface area contributed by atoms with Gasteiger partial charge in [-0.05, 0) is 46.5 Å². The number of hydrogen-bond acceptors (Lipinski definition) is 5. The molecule has 2 rings (SSSR count). The molecule has 9 heteroatoms. The molecule has 19 heavy (non-hydrogen) atoms. The highest BCUT2D eigenvalue weighted by atomic mass is 79.9. The second kappa shape index (κ2) is 5.20. The average molecular weight is 352 g/mol. The van der Waals surface area contributed by atoms with Crippen LogP contribution in [0.3, 0.4) is 0 Å². The number of nitro groups is 1. The molecule has 0 aliphatic heterocycles. The second-order valence-electron chi connectivity index (χ2n) is 4.81. The summed E-state index contributed by atoms with van der Waals surface area (Å²) in [5.74, 6) is -0.235. The summed E-state index contributed by atoms with van der Waals surface area (Å²) in [5, 5.41) is 14.3. The maximum absolute atomic E-state index is 11.6. The minimum Gasteiger partial charge on any atom is -0.358 e. The Bertz CT molecular complexity index is 598. The number of hydrogen-bond donors (Lipinski definition) is 0. The first-order valence-electron chi connectivity index (χ1n) is 5.87. The molecule has 7 nitrogen and oxygen atoms in total. The van der Waals surface area contributed by atoms with Crippen molar-refractivity contribution < 1.29 is 13.3 Å². The maximum Gasteiger partial charge on any atom is 0.404 e. The van der Waals surface area contributed by atoms with E-state index in [0.29, 0.717) is 17.3 Å². The normalized spacial score (nSPS) is 24.3. The molecule has 106 valence electrons. The van der Waals surface area contributed by atoms with Gasteiger partial charge in [0.2, 0.25) is 0 Å². The van der Waals surface area contributed by atoms with Crippen LogP contribution in [0.15, 0.2) is 10.7 Å². The molecule has 0 spiro atoms. The summed E-state index contributed by atoms with van der Waals surface area (Å²) >= 11 is 3.10. The smallest absolute Gasteiger partial charge is 0.358 e. The fraction of sp³-hybridized carbons (Fsp3) is 0.700. The number of aromatic nitrogens is 2. The van der Waals surface area contributed by atoms with E-state index in [1.54, 1.807) is 6.20 Å². The number of sulfone groups is 1. The zero-order valence-electron chi connectivity index (χ0n) is 10.3.